The van der Waals surface area contributed by atoms with Crippen molar-refractivity contribution in [2.24, 2.45) is 7.05 Å². The molecule has 6 nitrogen and oxygen atoms in total. The van der Waals surface area contributed by atoms with Gasteiger partial charge in [0.2, 0.25) is 5.88 Å². The molecule has 0 aliphatic carbocycles. The van der Waals surface area contributed by atoms with Crippen LogP contribution in [0.2, 0.25) is 0 Å². The summed E-state index contributed by atoms with van der Waals surface area (Å²) in [6, 6.07) is 0. The smallest absolute Gasteiger partial charge is 0.216 e. The van der Waals surface area contributed by atoms with Crippen LogP contribution in [0.1, 0.15) is 49.1 Å². The van der Waals surface area contributed by atoms with Gasteiger partial charge in [0, 0.05) is 55.3 Å². The highest BCUT2D eigenvalue weighted by molar-refractivity contribution is 5.65. The van der Waals surface area contributed by atoms with Crippen LogP contribution in [-0.4, -0.2) is 35.0 Å². The lowest BCUT2D eigenvalue weighted by atomic mass is 10.00. The number of methoxy groups -OCH3 is 1. The third kappa shape index (κ3) is 5.40. The Balaban J connectivity index is 2.36. The summed E-state index contributed by atoms with van der Waals surface area (Å²) in [5.74, 6) is 0.674. The van der Waals surface area contributed by atoms with E-state index in [-0.39, 0.29) is 0 Å². The average molecular weight is 398 g/mol. The molecular formula is C23H35N5O. The highest BCUT2D eigenvalue weighted by Gasteiger charge is 2.21. The molecule has 2 heterocycles. The summed E-state index contributed by atoms with van der Waals surface area (Å²) < 4.78 is 7.31. The largest absolute Gasteiger partial charge is 0.481 e. The Morgan fingerprint density at radius 3 is 2.38 bits per heavy atom. The third-order valence-corrected chi connectivity index (χ3v) is 4.94. The molecule has 0 aromatic carbocycles. The van der Waals surface area contributed by atoms with Crippen LogP contribution >= 0.6 is 0 Å². The summed E-state index contributed by atoms with van der Waals surface area (Å²) >= 11 is 0. The molecule has 0 aliphatic heterocycles. The van der Waals surface area contributed by atoms with Crippen molar-refractivity contribution in [1.82, 2.24) is 20.1 Å². The number of hydrogen-bond acceptors (Lipinski definition) is 5. The molecule has 0 saturated heterocycles. The quantitative estimate of drug-likeness (QED) is 0.610. The molecule has 0 radical (unpaired) electrons. The van der Waals surface area contributed by atoms with Gasteiger partial charge in [0.1, 0.15) is 0 Å². The standard InChI is InChI=1S/C23H35N5O/c1-9-11-28(12-10-2)22-19(6)26-23(29-8)17(4)21(22)13-16(3)25-18(5)20-14-24-27(7)15-20/h14-15,25H,3,5,9-13H2,1-2,4,6-8H3. The minimum Gasteiger partial charge on any atom is -0.481 e. The maximum atomic E-state index is 5.55. The molecule has 0 amide bonds. The molecule has 6 heteroatoms. The van der Waals surface area contributed by atoms with Gasteiger partial charge in [-0.25, -0.2) is 4.98 Å². The highest BCUT2D eigenvalue weighted by atomic mass is 16.5. The predicted octanol–water partition coefficient (Wildman–Crippen LogP) is 4.38. The molecule has 0 fully saturated rings. The minimum atomic E-state index is 0.671. The normalized spacial score (nSPS) is 10.7. The van der Waals surface area contributed by atoms with Crippen molar-refractivity contribution in [3.05, 3.63) is 53.6 Å². The highest BCUT2D eigenvalue weighted by Crippen LogP contribution is 2.33. The summed E-state index contributed by atoms with van der Waals surface area (Å²) in [4.78, 5) is 7.15. The monoisotopic (exact) mass is 397 g/mol. The van der Waals surface area contributed by atoms with E-state index in [0.717, 1.165) is 54.1 Å². The Morgan fingerprint density at radius 1 is 1.21 bits per heavy atom. The van der Waals surface area contributed by atoms with E-state index in [1.165, 1.54) is 11.3 Å². The Labute approximate surface area is 175 Å². The molecule has 2 aromatic rings. The van der Waals surface area contributed by atoms with Gasteiger partial charge in [0.25, 0.3) is 0 Å². The summed E-state index contributed by atoms with van der Waals surface area (Å²) in [6.07, 6.45) is 6.57. The summed E-state index contributed by atoms with van der Waals surface area (Å²) in [5, 5.41) is 7.56. The van der Waals surface area contributed by atoms with Crippen LogP contribution in [0.15, 0.2) is 31.2 Å². The second-order valence-electron chi connectivity index (χ2n) is 7.43. The first kappa shape index (κ1) is 22.5. The van der Waals surface area contributed by atoms with E-state index in [9.17, 15) is 0 Å². The predicted molar refractivity (Wildman–Crippen MR) is 121 cm³/mol. The molecule has 0 atom stereocenters. The SMILES string of the molecule is C=C(Cc1c(C)c(OC)nc(C)c1N(CCC)CCC)NC(=C)c1cnn(C)c1. The number of allylic oxidation sites excluding steroid dienone is 1. The molecule has 2 aromatic heterocycles. The van der Waals surface area contributed by atoms with Crippen LogP contribution in [0.4, 0.5) is 5.69 Å². The number of pyridine rings is 1. The Morgan fingerprint density at radius 2 is 1.86 bits per heavy atom. The lowest BCUT2D eigenvalue weighted by Gasteiger charge is -2.30. The zero-order valence-electron chi connectivity index (χ0n) is 18.8. The van der Waals surface area contributed by atoms with Crippen molar-refractivity contribution in [3.63, 3.8) is 0 Å². The number of rotatable bonds is 11. The summed E-state index contributed by atoms with van der Waals surface area (Å²) in [5.41, 5.74) is 7.06. The molecule has 1 N–H and O–H groups in total. The lowest BCUT2D eigenvalue weighted by molar-refractivity contribution is 0.393. The zero-order chi connectivity index (χ0) is 21.6. The maximum Gasteiger partial charge on any atom is 0.216 e. The van der Waals surface area contributed by atoms with Crippen molar-refractivity contribution < 1.29 is 4.74 Å². The van der Waals surface area contributed by atoms with Crippen molar-refractivity contribution in [1.29, 1.82) is 0 Å². The fraction of sp³-hybridized carbons (Fsp3) is 0.478. The van der Waals surface area contributed by atoms with Crippen LogP contribution in [0.5, 0.6) is 5.88 Å². The van der Waals surface area contributed by atoms with Gasteiger partial charge < -0.3 is 15.0 Å². The number of nitrogens with one attached hydrogen (secondary N) is 1. The maximum absolute atomic E-state index is 5.55. The van der Waals surface area contributed by atoms with Crippen molar-refractivity contribution in [2.45, 2.75) is 47.0 Å². The van der Waals surface area contributed by atoms with Gasteiger partial charge in [-0.3, -0.25) is 4.68 Å². The second-order valence-corrected chi connectivity index (χ2v) is 7.43. The van der Waals surface area contributed by atoms with Gasteiger partial charge in [-0.1, -0.05) is 27.0 Å². The average Bonchev–Trinajstić information content (AvgIpc) is 3.11. The molecule has 0 bridgehead atoms. The van der Waals surface area contributed by atoms with Gasteiger partial charge in [-0.05, 0) is 32.3 Å². The second kappa shape index (κ2) is 10.1. The minimum absolute atomic E-state index is 0.671. The van der Waals surface area contributed by atoms with Crippen LogP contribution < -0.4 is 15.0 Å². The van der Waals surface area contributed by atoms with Crippen molar-refractivity contribution >= 4 is 11.4 Å². The summed E-state index contributed by atoms with van der Waals surface area (Å²) in [7, 11) is 3.56. The molecule has 0 spiro atoms. The van der Waals surface area contributed by atoms with Crippen LogP contribution in [0.25, 0.3) is 5.70 Å². The molecule has 0 aliphatic rings. The van der Waals surface area contributed by atoms with E-state index < -0.39 is 0 Å². The molecule has 2 rings (SSSR count). The molecule has 0 saturated carbocycles. The van der Waals surface area contributed by atoms with Gasteiger partial charge in [-0.2, -0.15) is 5.10 Å². The van der Waals surface area contributed by atoms with Crippen molar-refractivity contribution in [3.8, 4) is 5.88 Å². The van der Waals surface area contributed by atoms with Crippen LogP contribution in [0, 0.1) is 13.8 Å². The Hall–Kier alpha value is -2.76. The van der Waals surface area contributed by atoms with Crippen LogP contribution in [0.3, 0.4) is 0 Å². The number of ether oxygens (including phenoxy) is 1. The topological polar surface area (TPSA) is 55.2 Å². The molecular weight excluding hydrogens is 362 g/mol. The molecule has 0 unspecified atom stereocenters. The first-order chi connectivity index (χ1) is 13.8. The van der Waals surface area contributed by atoms with Crippen LogP contribution in [-0.2, 0) is 13.5 Å². The lowest BCUT2D eigenvalue weighted by Crippen LogP contribution is -2.28. The number of aryl methyl sites for hydroxylation is 2. The zero-order valence-corrected chi connectivity index (χ0v) is 18.8. The molecule has 158 valence electrons. The number of nitrogens with zero attached hydrogens (tertiary/aromatic N) is 4. The van der Waals surface area contributed by atoms with E-state index in [1.807, 2.05) is 13.2 Å². The van der Waals surface area contributed by atoms with E-state index in [2.05, 4.69) is 56.2 Å². The van der Waals surface area contributed by atoms with Gasteiger partial charge in [-0.15, -0.1) is 0 Å². The summed E-state index contributed by atoms with van der Waals surface area (Å²) in [6.45, 7) is 18.9. The van der Waals surface area contributed by atoms with Gasteiger partial charge in [0.15, 0.2) is 0 Å². The number of aromatic nitrogens is 3. The Bertz CT molecular complexity index is 862. The first-order valence-electron chi connectivity index (χ1n) is 10.2. The van der Waals surface area contributed by atoms with E-state index in [0.29, 0.717) is 12.3 Å². The first-order valence-corrected chi connectivity index (χ1v) is 10.2. The van der Waals surface area contributed by atoms with E-state index in [1.54, 1.807) is 18.0 Å². The van der Waals surface area contributed by atoms with Gasteiger partial charge >= 0.3 is 0 Å². The number of hydrogen-bond donors (Lipinski definition) is 1. The fourth-order valence-electron chi connectivity index (χ4n) is 3.64. The molecule has 29 heavy (non-hydrogen) atoms. The number of anilines is 1. The Kier molecular flexibility index (Phi) is 7.88. The third-order valence-electron chi connectivity index (χ3n) is 4.94. The fourth-order valence-corrected chi connectivity index (χ4v) is 3.64. The van der Waals surface area contributed by atoms with E-state index >= 15 is 0 Å². The van der Waals surface area contributed by atoms with Crippen molar-refractivity contribution in [2.75, 3.05) is 25.1 Å². The van der Waals surface area contributed by atoms with Gasteiger partial charge in [0.05, 0.1) is 24.7 Å². The van der Waals surface area contributed by atoms with E-state index in [4.69, 9.17) is 9.72 Å².